The molecule has 0 heterocycles. The lowest BCUT2D eigenvalue weighted by molar-refractivity contribution is 0.0953. The zero-order valence-electron chi connectivity index (χ0n) is 10.1. The van der Waals surface area contributed by atoms with Gasteiger partial charge in [0.1, 0.15) is 5.84 Å². The molecule has 6 heteroatoms. The summed E-state index contributed by atoms with van der Waals surface area (Å²) in [5, 5.41) is 14.5. The Labute approximate surface area is 111 Å². The van der Waals surface area contributed by atoms with Crippen LogP contribution in [0.15, 0.2) is 23.4 Å². The molecule has 0 fully saturated rings. The number of hydrogen-bond acceptors (Lipinski definition) is 3. The van der Waals surface area contributed by atoms with Gasteiger partial charge < -0.3 is 16.3 Å². The predicted molar refractivity (Wildman–Crippen MR) is 71.2 cm³/mol. The third-order valence-electron chi connectivity index (χ3n) is 2.54. The first kappa shape index (κ1) is 14.3. The van der Waals surface area contributed by atoms with Crippen molar-refractivity contribution in [1.29, 1.82) is 0 Å². The SMILES string of the molecule is Cc1c(Cl)cccc1C(=O)NCCC/C(N)=N/O. The second-order valence-corrected chi connectivity index (χ2v) is 4.27. The second kappa shape index (κ2) is 6.86. The first-order valence-electron chi connectivity index (χ1n) is 5.56. The van der Waals surface area contributed by atoms with E-state index in [0.717, 1.165) is 5.56 Å². The monoisotopic (exact) mass is 269 g/mol. The van der Waals surface area contributed by atoms with E-state index in [1.807, 2.05) is 0 Å². The van der Waals surface area contributed by atoms with E-state index < -0.39 is 0 Å². The summed E-state index contributed by atoms with van der Waals surface area (Å²) in [6, 6.07) is 5.20. The maximum Gasteiger partial charge on any atom is 0.251 e. The van der Waals surface area contributed by atoms with Crippen LogP contribution in [0.25, 0.3) is 0 Å². The molecule has 0 atom stereocenters. The van der Waals surface area contributed by atoms with Crippen molar-refractivity contribution < 1.29 is 10.0 Å². The Morgan fingerprint density at radius 3 is 2.94 bits per heavy atom. The highest BCUT2D eigenvalue weighted by molar-refractivity contribution is 6.31. The number of nitrogens with zero attached hydrogens (tertiary/aromatic N) is 1. The van der Waals surface area contributed by atoms with Gasteiger partial charge in [0.15, 0.2) is 0 Å². The van der Waals surface area contributed by atoms with Crippen LogP contribution in [0.4, 0.5) is 0 Å². The Morgan fingerprint density at radius 1 is 1.56 bits per heavy atom. The summed E-state index contributed by atoms with van der Waals surface area (Å²) in [7, 11) is 0. The van der Waals surface area contributed by atoms with Crippen LogP contribution in [0.5, 0.6) is 0 Å². The number of nitrogens with two attached hydrogens (primary N) is 1. The fourth-order valence-electron chi connectivity index (χ4n) is 1.47. The van der Waals surface area contributed by atoms with Crippen LogP contribution < -0.4 is 11.1 Å². The van der Waals surface area contributed by atoms with Crippen molar-refractivity contribution in [1.82, 2.24) is 5.32 Å². The minimum absolute atomic E-state index is 0.156. The number of hydrogen-bond donors (Lipinski definition) is 3. The largest absolute Gasteiger partial charge is 0.409 e. The molecule has 0 aliphatic heterocycles. The molecule has 0 saturated heterocycles. The Morgan fingerprint density at radius 2 is 2.28 bits per heavy atom. The van der Waals surface area contributed by atoms with Crippen molar-refractivity contribution in [3.8, 4) is 0 Å². The predicted octanol–water partition coefficient (Wildman–Crippen LogP) is 1.90. The third-order valence-corrected chi connectivity index (χ3v) is 2.95. The molecule has 0 radical (unpaired) electrons. The van der Waals surface area contributed by atoms with Crippen LogP contribution in [0.2, 0.25) is 5.02 Å². The number of nitrogens with one attached hydrogen (secondary N) is 1. The molecule has 1 aromatic carbocycles. The molecule has 0 spiro atoms. The molecule has 0 aromatic heterocycles. The van der Waals surface area contributed by atoms with Gasteiger partial charge in [-0.25, -0.2) is 0 Å². The Kier molecular flexibility index (Phi) is 5.45. The molecule has 18 heavy (non-hydrogen) atoms. The lowest BCUT2D eigenvalue weighted by Gasteiger charge is -2.08. The summed E-state index contributed by atoms with van der Waals surface area (Å²) in [6.07, 6.45) is 1.05. The molecule has 0 aliphatic rings. The Hall–Kier alpha value is -1.75. The quantitative estimate of drug-likeness (QED) is 0.251. The molecule has 0 unspecified atom stereocenters. The van der Waals surface area contributed by atoms with Crippen molar-refractivity contribution in [2.75, 3.05) is 6.54 Å². The Bertz CT molecular complexity index is 461. The number of oxime groups is 1. The van der Waals surface area contributed by atoms with Gasteiger partial charge in [-0.2, -0.15) is 0 Å². The van der Waals surface area contributed by atoms with Gasteiger partial charge >= 0.3 is 0 Å². The maximum absolute atomic E-state index is 11.9. The molecular weight excluding hydrogens is 254 g/mol. The molecule has 4 N–H and O–H groups in total. The third kappa shape index (κ3) is 3.92. The van der Waals surface area contributed by atoms with Crippen molar-refractivity contribution in [2.45, 2.75) is 19.8 Å². The number of benzene rings is 1. The van der Waals surface area contributed by atoms with Gasteiger partial charge in [-0.3, -0.25) is 4.79 Å². The van der Waals surface area contributed by atoms with E-state index in [-0.39, 0.29) is 11.7 Å². The van der Waals surface area contributed by atoms with Gasteiger partial charge in [-0.15, -0.1) is 0 Å². The van der Waals surface area contributed by atoms with Gasteiger partial charge in [-0.1, -0.05) is 22.8 Å². The molecule has 98 valence electrons. The average molecular weight is 270 g/mol. The molecule has 0 bridgehead atoms. The molecule has 0 saturated carbocycles. The summed E-state index contributed by atoms with van der Waals surface area (Å²) in [5.41, 5.74) is 6.63. The van der Waals surface area contributed by atoms with Gasteiger partial charge in [0, 0.05) is 23.6 Å². The number of halogens is 1. The number of amides is 1. The first-order valence-corrected chi connectivity index (χ1v) is 5.93. The fraction of sp³-hybridized carbons (Fsp3) is 0.333. The van der Waals surface area contributed by atoms with Crippen molar-refractivity contribution in [3.05, 3.63) is 34.3 Å². The van der Waals surface area contributed by atoms with Crippen molar-refractivity contribution >= 4 is 23.3 Å². The van der Waals surface area contributed by atoms with Crippen LogP contribution in [0.1, 0.15) is 28.8 Å². The molecule has 5 nitrogen and oxygen atoms in total. The summed E-state index contributed by atoms with van der Waals surface area (Å²) in [4.78, 5) is 11.9. The standard InChI is InChI=1S/C12H16ClN3O2/c1-8-9(4-2-5-10(8)13)12(17)15-7-3-6-11(14)16-18/h2,4-5,18H,3,6-7H2,1H3,(H2,14,16)(H,15,17). The fourth-order valence-corrected chi connectivity index (χ4v) is 1.64. The van der Waals surface area contributed by atoms with Crippen LogP contribution in [-0.4, -0.2) is 23.5 Å². The van der Waals surface area contributed by atoms with Gasteiger partial charge in [0.05, 0.1) is 0 Å². The smallest absolute Gasteiger partial charge is 0.251 e. The van der Waals surface area contributed by atoms with E-state index >= 15 is 0 Å². The minimum Gasteiger partial charge on any atom is -0.409 e. The Balaban J connectivity index is 2.49. The zero-order chi connectivity index (χ0) is 13.5. The lowest BCUT2D eigenvalue weighted by atomic mass is 10.1. The lowest BCUT2D eigenvalue weighted by Crippen LogP contribution is -2.26. The van der Waals surface area contributed by atoms with Gasteiger partial charge in [0.25, 0.3) is 5.91 Å². The van der Waals surface area contributed by atoms with E-state index in [2.05, 4.69) is 10.5 Å². The number of carbonyl (C=O) groups is 1. The summed E-state index contributed by atoms with van der Waals surface area (Å²) < 4.78 is 0. The van der Waals surface area contributed by atoms with E-state index in [1.54, 1.807) is 25.1 Å². The maximum atomic E-state index is 11.9. The van der Waals surface area contributed by atoms with Crippen LogP contribution in [-0.2, 0) is 0 Å². The zero-order valence-corrected chi connectivity index (χ0v) is 10.9. The van der Waals surface area contributed by atoms with Crippen molar-refractivity contribution in [2.24, 2.45) is 10.9 Å². The molecule has 0 aliphatic carbocycles. The normalized spacial score (nSPS) is 11.3. The summed E-state index contributed by atoms with van der Waals surface area (Å²) in [6.45, 7) is 2.26. The van der Waals surface area contributed by atoms with Gasteiger partial charge in [0.2, 0.25) is 0 Å². The van der Waals surface area contributed by atoms with E-state index in [1.165, 1.54) is 0 Å². The van der Waals surface area contributed by atoms with E-state index in [4.69, 9.17) is 22.5 Å². The highest BCUT2D eigenvalue weighted by Gasteiger charge is 2.09. The number of carbonyl (C=O) groups excluding carboxylic acids is 1. The van der Waals surface area contributed by atoms with Crippen LogP contribution >= 0.6 is 11.6 Å². The van der Waals surface area contributed by atoms with Crippen LogP contribution in [0, 0.1) is 6.92 Å². The highest BCUT2D eigenvalue weighted by Crippen LogP contribution is 2.18. The van der Waals surface area contributed by atoms with Gasteiger partial charge in [-0.05, 0) is 31.0 Å². The van der Waals surface area contributed by atoms with E-state index in [0.29, 0.717) is 30.0 Å². The highest BCUT2D eigenvalue weighted by atomic mass is 35.5. The summed E-state index contributed by atoms with van der Waals surface area (Å²) >= 11 is 5.94. The first-order chi connectivity index (χ1) is 8.56. The van der Waals surface area contributed by atoms with Crippen molar-refractivity contribution in [3.63, 3.8) is 0 Å². The second-order valence-electron chi connectivity index (χ2n) is 3.86. The molecular formula is C12H16ClN3O2. The van der Waals surface area contributed by atoms with E-state index in [9.17, 15) is 4.79 Å². The number of rotatable bonds is 5. The summed E-state index contributed by atoms with van der Waals surface area (Å²) in [5.74, 6) is -0.0160. The van der Waals surface area contributed by atoms with Crippen LogP contribution in [0.3, 0.4) is 0 Å². The molecule has 1 rings (SSSR count). The average Bonchev–Trinajstić information content (AvgIpc) is 2.37. The molecule has 1 amide bonds. The number of amidine groups is 1. The topological polar surface area (TPSA) is 87.7 Å². The minimum atomic E-state index is -0.172. The molecule has 1 aromatic rings.